The number of hydrogen-bond donors (Lipinski definition) is 9. The van der Waals surface area contributed by atoms with Crippen molar-refractivity contribution in [1.82, 2.24) is 30.2 Å². The van der Waals surface area contributed by atoms with Crippen LogP contribution in [0.4, 0.5) is 5.82 Å². The summed E-state index contributed by atoms with van der Waals surface area (Å²) in [5.41, 5.74) is 4.29. The molecule has 1 aliphatic heterocycles. The topological polar surface area (TPSA) is 364 Å². The molecule has 10 N–H and O–H groups in total. The molecule has 2 aromatic heterocycles. The van der Waals surface area contributed by atoms with Crippen molar-refractivity contribution in [3.05, 3.63) is 24.8 Å². The van der Waals surface area contributed by atoms with Gasteiger partial charge in [0.05, 0.1) is 19.5 Å². The Morgan fingerprint density at radius 3 is 2.12 bits per heavy atom. The van der Waals surface area contributed by atoms with E-state index in [2.05, 4.69) is 53.5 Å². The van der Waals surface area contributed by atoms with Crippen molar-refractivity contribution in [1.29, 1.82) is 0 Å². The van der Waals surface area contributed by atoms with Crippen molar-refractivity contribution >= 4 is 69.1 Å². The molecule has 0 aliphatic carbocycles. The number of carbonyl (C=O) groups excluding carboxylic acids is 3. The maximum atomic E-state index is 12.7. The lowest BCUT2D eigenvalue weighted by molar-refractivity contribution is -0.137. The second kappa shape index (κ2) is 30.4. The number of nitrogens with zero attached hydrogens (tertiary/aromatic N) is 4. The summed E-state index contributed by atoms with van der Waals surface area (Å²) in [7, 11) is -16.4. The van der Waals surface area contributed by atoms with E-state index in [1.54, 1.807) is 0 Å². The van der Waals surface area contributed by atoms with Crippen LogP contribution < -0.4 is 16.4 Å². The van der Waals surface area contributed by atoms with Gasteiger partial charge in [-0.3, -0.25) is 32.5 Å². The molecule has 394 valence electrons. The van der Waals surface area contributed by atoms with Gasteiger partial charge in [0.15, 0.2) is 22.8 Å². The molecule has 0 bridgehead atoms. The molecule has 3 rings (SSSR count). The minimum absolute atomic E-state index is 0.0333. The summed E-state index contributed by atoms with van der Waals surface area (Å²) >= 11 is 1.15. The molecular formula is C41H72N7O17P3S. The Bertz CT molecular complexity index is 2080. The highest BCUT2D eigenvalue weighted by Crippen LogP contribution is 2.61. The van der Waals surface area contributed by atoms with Gasteiger partial charge in [-0.05, 0) is 32.1 Å². The number of aliphatic hydroxyl groups excluding tert-OH is 2. The third kappa shape index (κ3) is 23.2. The summed E-state index contributed by atoms with van der Waals surface area (Å²) < 4.78 is 62.5. The number of imidazole rings is 1. The molecule has 1 saturated heterocycles. The summed E-state index contributed by atoms with van der Waals surface area (Å²) in [4.78, 5) is 88.4. The summed E-state index contributed by atoms with van der Waals surface area (Å²) in [5, 5.41) is 26.7. The van der Waals surface area contributed by atoms with Crippen molar-refractivity contribution in [2.75, 3.05) is 37.8 Å². The fourth-order valence-corrected chi connectivity index (χ4v) is 10.6. The Morgan fingerprint density at radius 1 is 0.870 bits per heavy atom. The molecule has 3 heterocycles. The molecule has 7 atom stereocenters. The molecule has 1 aliphatic rings. The lowest BCUT2D eigenvalue weighted by atomic mass is 9.87. The molecule has 28 heteroatoms. The van der Waals surface area contributed by atoms with Crippen molar-refractivity contribution in [2.24, 2.45) is 5.41 Å². The number of nitrogens with two attached hydrogens (primary N) is 1. The summed E-state index contributed by atoms with van der Waals surface area (Å²) in [6.07, 6.45) is 16.3. The molecule has 2 amide bonds. The zero-order chi connectivity index (χ0) is 51.1. The van der Waals surface area contributed by atoms with E-state index >= 15 is 0 Å². The van der Waals surface area contributed by atoms with Gasteiger partial charge in [-0.15, -0.1) is 0 Å². The molecular weight excluding hydrogens is 987 g/mol. The Hall–Kier alpha value is -2.70. The van der Waals surface area contributed by atoms with Gasteiger partial charge in [-0.25, -0.2) is 28.6 Å². The van der Waals surface area contributed by atoms with Crippen LogP contribution in [0.2, 0.25) is 0 Å². The maximum Gasteiger partial charge on any atom is 0.481 e. The van der Waals surface area contributed by atoms with E-state index in [-0.39, 0.29) is 41.6 Å². The van der Waals surface area contributed by atoms with Gasteiger partial charge < -0.3 is 50.9 Å². The third-order valence-corrected chi connectivity index (χ3v) is 14.9. The molecule has 1 fully saturated rings. The average molecular weight is 1060 g/mol. The minimum atomic E-state index is -5.58. The summed E-state index contributed by atoms with van der Waals surface area (Å²) in [6, 6.07) is 0. The fraction of sp³-hybridized carbons (Fsp3) is 0.756. The van der Waals surface area contributed by atoms with E-state index in [4.69, 9.17) is 19.5 Å². The van der Waals surface area contributed by atoms with Crippen LogP contribution in [0.25, 0.3) is 11.2 Å². The second-order valence-electron chi connectivity index (χ2n) is 17.3. The van der Waals surface area contributed by atoms with Crippen LogP contribution in [0, 0.1) is 5.41 Å². The molecule has 0 radical (unpaired) electrons. The van der Waals surface area contributed by atoms with Crippen LogP contribution >= 0.6 is 35.2 Å². The first kappa shape index (κ1) is 60.6. The predicted octanol–water partition coefficient (Wildman–Crippen LogP) is 5.48. The first-order valence-electron chi connectivity index (χ1n) is 23.3. The highest BCUT2D eigenvalue weighted by molar-refractivity contribution is 8.13. The SMILES string of the molecule is CCCCCCCCCC/C=C\CCCCCCCC(=O)SCCNC(=O)CCNC(=O)[C@H](O)C(C)(C)COP(=O)(O)OP(=O)(O)OC[C@H]1O[C@@H](n2cnc3c(N)ncnc32)[C@H](O)[C@@H]1OP(=O)(O)O. The number of ether oxygens (including phenoxy) is 1. The lowest BCUT2D eigenvalue weighted by Crippen LogP contribution is -2.46. The number of anilines is 1. The average Bonchev–Trinajstić information content (AvgIpc) is 3.84. The Morgan fingerprint density at radius 2 is 1.48 bits per heavy atom. The number of amides is 2. The largest absolute Gasteiger partial charge is 0.481 e. The second-order valence-corrected chi connectivity index (χ2v) is 22.7. The van der Waals surface area contributed by atoms with Gasteiger partial charge in [-0.2, -0.15) is 4.31 Å². The number of nitrogens with one attached hydrogen (secondary N) is 2. The number of nitrogen functional groups attached to an aromatic ring is 1. The minimum Gasteiger partial charge on any atom is -0.386 e. The van der Waals surface area contributed by atoms with Gasteiger partial charge in [0, 0.05) is 37.1 Å². The highest BCUT2D eigenvalue weighted by Gasteiger charge is 2.50. The molecule has 0 aromatic carbocycles. The van der Waals surface area contributed by atoms with Crippen LogP contribution in [0.15, 0.2) is 24.8 Å². The highest BCUT2D eigenvalue weighted by atomic mass is 32.2. The monoisotopic (exact) mass is 1060 g/mol. The maximum absolute atomic E-state index is 12.7. The lowest BCUT2D eigenvalue weighted by Gasteiger charge is -2.30. The smallest absolute Gasteiger partial charge is 0.386 e. The van der Waals surface area contributed by atoms with Crippen molar-refractivity contribution in [3.63, 3.8) is 0 Å². The van der Waals surface area contributed by atoms with Crippen LogP contribution in [-0.4, -0.2) is 123 Å². The number of thioether (sulfide) groups is 1. The number of rotatable bonds is 36. The van der Waals surface area contributed by atoms with Crippen LogP contribution in [-0.2, 0) is 50.7 Å². The van der Waals surface area contributed by atoms with E-state index in [0.717, 1.165) is 73.9 Å². The Kier molecular flexibility index (Phi) is 26.7. The van der Waals surface area contributed by atoms with E-state index < -0.39 is 84.6 Å². The number of fused-ring (bicyclic) bond motifs is 1. The predicted molar refractivity (Wildman–Crippen MR) is 256 cm³/mol. The fourth-order valence-electron chi connectivity index (χ4n) is 7.06. The number of phosphoric acid groups is 3. The van der Waals surface area contributed by atoms with Crippen molar-refractivity contribution < 1.29 is 80.5 Å². The van der Waals surface area contributed by atoms with Gasteiger partial charge in [-0.1, -0.05) is 109 Å². The standard InChI is InChI=1S/C41H72N7O17P3S/c1-4-5-6-7-8-9-10-11-12-13-14-15-16-17-18-19-20-21-32(50)69-25-24-43-31(49)22-23-44-39(53)36(52)41(2,3)27-62-68(59,60)65-67(57,58)61-26-30-35(64-66(54,55)56)34(51)40(63-30)48-29-47-33-37(42)45-28-46-38(33)48/h13-14,28-30,34-36,40,51-52H,4-12,15-27H2,1-3H3,(H,43,49)(H,44,53)(H,57,58)(H,59,60)(H2,42,45,46)(H2,54,55,56)/b14-13-/t30-,34-,35-,36+,40-/m1/s1. The number of unbranched alkanes of at least 4 members (excludes halogenated alkanes) is 13. The zero-order valence-corrected chi connectivity index (χ0v) is 43.0. The van der Waals surface area contributed by atoms with E-state index in [0.29, 0.717) is 12.2 Å². The Labute approximate surface area is 407 Å². The number of phosphoric ester groups is 3. The molecule has 0 spiro atoms. The normalized spacial score (nSPS) is 20.0. The van der Waals surface area contributed by atoms with E-state index in [1.807, 2.05) is 0 Å². The number of hydrogen-bond acceptors (Lipinski definition) is 18. The van der Waals surface area contributed by atoms with Gasteiger partial charge in [0.25, 0.3) is 0 Å². The molecule has 0 saturated carbocycles. The summed E-state index contributed by atoms with van der Waals surface area (Å²) in [5.74, 6) is -1.03. The first-order chi connectivity index (χ1) is 32.6. The molecule has 69 heavy (non-hydrogen) atoms. The van der Waals surface area contributed by atoms with Crippen LogP contribution in [0.5, 0.6) is 0 Å². The van der Waals surface area contributed by atoms with Crippen LogP contribution in [0.1, 0.15) is 136 Å². The van der Waals surface area contributed by atoms with E-state index in [1.165, 1.54) is 65.2 Å². The third-order valence-electron chi connectivity index (χ3n) is 10.9. The quantitative estimate of drug-likeness (QED) is 0.0232. The summed E-state index contributed by atoms with van der Waals surface area (Å²) in [6.45, 7) is 2.81. The molecule has 2 aromatic rings. The number of aromatic nitrogens is 4. The first-order valence-corrected chi connectivity index (χ1v) is 28.8. The Balaban J connectivity index is 1.28. The van der Waals surface area contributed by atoms with Crippen molar-refractivity contribution in [2.45, 2.75) is 161 Å². The number of allylic oxidation sites excluding steroid dienone is 2. The zero-order valence-electron chi connectivity index (χ0n) is 39.5. The van der Waals surface area contributed by atoms with Gasteiger partial charge in [0.2, 0.25) is 11.8 Å². The molecule has 2 unspecified atom stereocenters. The van der Waals surface area contributed by atoms with Crippen molar-refractivity contribution in [3.8, 4) is 0 Å². The number of carbonyl (C=O) groups is 3. The van der Waals surface area contributed by atoms with Gasteiger partial charge >= 0.3 is 23.5 Å². The number of aliphatic hydroxyl groups is 2. The van der Waals surface area contributed by atoms with Crippen LogP contribution in [0.3, 0.4) is 0 Å². The van der Waals surface area contributed by atoms with Gasteiger partial charge in [0.1, 0.15) is 36.3 Å². The molecule has 24 nitrogen and oxygen atoms in total. The van der Waals surface area contributed by atoms with E-state index in [9.17, 15) is 57.9 Å².